The molecule has 0 atom stereocenters. The van der Waals surface area contributed by atoms with Crippen LogP contribution in [0.15, 0.2) is 35.5 Å². The minimum atomic E-state index is -3.42. The summed E-state index contributed by atoms with van der Waals surface area (Å²) in [4.78, 5) is 16.9. The van der Waals surface area contributed by atoms with Crippen LogP contribution in [0.1, 0.15) is 44.4 Å². The van der Waals surface area contributed by atoms with Gasteiger partial charge in [-0.3, -0.25) is 0 Å². The fraction of sp³-hybridized carbons (Fsp3) is 0.389. The van der Waals surface area contributed by atoms with Gasteiger partial charge in [0.2, 0.25) is 21.1 Å². The van der Waals surface area contributed by atoms with Crippen LogP contribution in [0.3, 0.4) is 0 Å². The Hall–Kier alpha value is -0.844. The van der Waals surface area contributed by atoms with Gasteiger partial charge in [0, 0.05) is 17.5 Å². The van der Waals surface area contributed by atoms with Crippen molar-refractivity contribution in [3.8, 4) is 11.3 Å². The molecule has 1 heterocycles. The van der Waals surface area contributed by atoms with Crippen LogP contribution in [0.25, 0.3) is 11.3 Å². The number of benzene rings is 1. The Morgan fingerprint density at radius 3 is 2.30 bits per heavy atom. The minimum Gasteiger partial charge on any atom is -0.565 e. The molecule has 0 bridgehead atoms. The van der Waals surface area contributed by atoms with Crippen LogP contribution < -0.4 is 56.5 Å². The number of carboxylic acid groups (broad SMARTS) is 2. The van der Waals surface area contributed by atoms with Crippen LogP contribution in [0, 0.1) is 0 Å². The SMILES string of the molecule is CCCc1cc(-c2cccc(C(C)C)c2)nc(S(C)(=O)=O)n1.O=C([O-])O.[K+]. The Bertz CT molecular complexity index is 866. The standard InChI is InChI=1S/C17H22N2O2S.CH2O3.K/c1-5-7-15-11-16(19-17(18-15)22(4,20)21)14-9-6-8-13(10-14)12(2)3;2-1(3)4;/h6,8-12H,5,7H2,1-4H3;(H2,2,3,4);/q;;+1/p-1. The van der Waals surface area contributed by atoms with Crippen molar-refractivity contribution >= 4 is 16.0 Å². The van der Waals surface area contributed by atoms with E-state index in [1.54, 1.807) is 0 Å². The van der Waals surface area contributed by atoms with Crippen molar-refractivity contribution in [3.05, 3.63) is 41.6 Å². The zero-order valence-electron chi connectivity index (χ0n) is 16.3. The summed E-state index contributed by atoms with van der Waals surface area (Å²) in [6, 6.07) is 9.95. The van der Waals surface area contributed by atoms with Gasteiger partial charge in [0.15, 0.2) is 0 Å². The Labute approximate surface area is 202 Å². The molecule has 0 unspecified atom stereocenters. The summed E-state index contributed by atoms with van der Waals surface area (Å²) in [7, 11) is -3.42. The Kier molecular flexibility index (Phi) is 11.5. The van der Waals surface area contributed by atoms with Crippen molar-refractivity contribution in [1.29, 1.82) is 0 Å². The van der Waals surface area contributed by atoms with Gasteiger partial charge in [-0.15, -0.1) is 0 Å². The summed E-state index contributed by atoms with van der Waals surface area (Å²) in [6.45, 7) is 6.30. The van der Waals surface area contributed by atoms with Gasteiger partial charge in [0.25, 0.3) is 0 Å². The van der Waals surface area contributed by atoms with Crippen LogP contribution in [-0.2, 0) is 16.3 Å². The van der Waals surface area contributed by atoms with Gasteiger partial charge in [-0.2, -0.15) is 0 Å². The molecule has 0 spiro atoms. The zero-order chi connectivity index (χ0) is 19.9. The molecular weight excluding hydrogens is 395 g/mol. The molecule has 0 radical (unpaired) electrons. The molecule has 0 aliphatic rings. The Morgan fingerprint density at radius 2 is 1.81 bits per heavy atom. The molecule has 2 aromatic rings. The van der Waals surface area contributed by atoms with Gasteiger partial charge in [0.1, 0.15) is 0 Å². The third kappa shape index (κ3) is 9.27. The third-order valence-electron chi connectivity index (χ3n) is 3.45. The second kappa shape index (κ2) is 11.9. The molecule has 7 nitrogen and oxygen atoms in total. The van der Waals surface area contributed by atoms with E-state index < -0.39 is 16.0 Å². The van der Waals surface area contributed by atoms with Crippen LogP contribution in [-0.4, -0.2) is 35.9 Å². The molecule has 0 saturated heterocycles. The molecule has 0 aliphatic heterocycles. The van der Waals surface area contributed by atoms with Gasteiger partial charge >= 0.3 is 51.4 Å². The van der Waals surface area contributed by atoms with E-state index in [0.717, 1.165) is 30.4 Å². The van der Waals surface area contributed by atoms with E-state index in [0.29, 0.717) is 11.6 Å². The molecule has 0 fully saturated rings. The van der Waals surface area contributed by atoms with E-state index in [9.17, 15) is 8.42 Å². The normalized spacial score (nSPS) is 10.6. The predicted molar refractivity (Wildman–Crippen MR) is 96.7 cm³/mol. The molecule has 1 aromatic heterocycles. The molecular formula is C18H23KN2O5S. The van der Waals surface area contributed by atoms with Crippen LogP contribution in [0.4, 0.5) is 4.79 Å². The average molecular weight is 419 g/mol. The first-order valence-electron chi connectivity index (χ1n) is 8.12. The Balaban J connectivity index is 0.00000123. The van der Waals surface area contributed by atoms with Crippen LogP contribution in [0.5, 0.6) is 0 Å². The number of carbonyl (C=O) groups is 1. The fourth-order valence-corrected chi connectivity index (χ4v) is 2.78. The number of hydrogen-bond donors (Lipinski definition) is 1. The summed E-state index contributed by atoms with van der Waals surface area (Å²) in [5, 5.41) is 15.2. The number of sulfone groups is 1. The first-order valence-corrected chi connectivity index (χ1v) is 10.0. The third-order valence-corrected chi connectivity index (χ3v) is 4.29. The van der Waals surface area contributed by atoms with Crippen molar-refractivity contribution in [2.24, 2.45) is 0 Å². The second-order valence-electron chi connectivity index (χ2n) is 6.10. The maximum Gasteiger partial charge on any atom is 1.00 e. The van der Waals surface area contributed by atoms with Crippen LogP contribution >= 0.6 is 0 Å². The summed E-state index contributed by atoms with van der Waals surface area (Å²) in [6.07, 6.45) is 0.708. The monoisotopic (exact) mass is 418 g/mol. The first-order chi connectivity index (χ1) is 12.0. The van der Waals surface area contributed by atoms with Gasteiger partial charge in [0.05, 0.1) is 5.69 Å². The predicted octanol–water partition coefficient (Wildman–Crippen LogP) is -0.485. The molecule has 9 heteroatoms. The molecule has 142 valence electrons. The van der Waals surface area contributed by atoms with Gasteiger partial charge in [-0.05, 0) is 30.0 Å². The molecule has 27 heavy (non-hydrogen) atoms. The van der Waals surface area contributed by atoms with Crippen LogP contribution in [0.2, 0.25) is 0 Å². The number of nitrogens with zero attached hydrogens (tertiary/aromatic N) is 2. The van der Waals surface area contributed by atoms with Gasteiger partial charge < -0.3 is 15.0 Å². The van der Waals surface area contributed by atoms with Gasteiger partial charge in [-0.1, -0.05) is 45.4 Å². The number of aryl methyl sites for hydroxylation is 1. The fourth-order valence-electron chi connectivity index (χ4n) is 2.23. The molecule has 0 aliphatic carbocycles. The Morgan fingerprint density at radius 1 is 1.22 bits per heavy atom. The zero-order valence-corrected chi connectivity index (χ0v) is 20.2. The summed E-state index contributed by atoms with van der Waals surface area (Å²) < 4.78 is 23.6. The van der Waals surface area contributed by atoms with Crippen molar-refractivity contribution in [1.82, 2.24) is 9.97 Å². The van der Waals surface area contributed by atoms with Crippen molar-refractivity contribution in [2.75, 3.05) is 6.26 Å². The summed E-state index contributed by atoms with van der Waals surface area (Å²) >= 11 is 0. The quantitative estimate of drug-likeness (QED) is 0.514. The van der Waals surface area contributed by atoms with Crippen molar-refractivity contribution < 1.29 is 74.8 Å². The minimum absolute atomic E-state index is 0. The van der Waals surface area contributed by atoms with Crippen molar-refractivity contribution in [3.63, 3.8) is 0 Å². The largest absolute Gasteiger partial charge is 1.00 e. The topological polar surface area (TPSA) is 120 Å². The first kappa shape index (κ1) is 26.2. The van der Waals surface area contributed by atoms with E-state index in [1.165, 1.54) is 5.56 Å². The van der Waals surface area contributed by atoms with E-state index in [2.05, 4.69) is 35.9 Å². The molecule has 0 saturated carbocycles. The van der Waals surface area contributed by atoms with Crippen molar-refractivity contribution in [2.45, 2.75) is 44.7 Å². The molecule has 1 aromatic carbocycles. The van der Waals surface area contributed by atoms with E-state index in [1.807, 2.05) is 25.1 Å². The number of rotatable bonds is 5. The maximum atomic E-state index is 11.8. The number of hydrogen-bond acceptors (Lipinski definition) is 6. The number of aromatic nitrogens is 2. The maximum absolute atomic E-state index is 11.8. The molecule has 1 N–H and O–H groups in total. The van der Waals surface area contributed by atoms with E-state index in [4.69, 9.17) is 15.0 Å². The average Bonchev–Trinajstić information content (AvgIpc) is 2.53. The summed E-state index contributed by atoms with van der Waals surface area (Å²) in [5.74, 6) is 0.409. The van der Waals surface area contributed by atoms with Gasteiger partial charge in [-0.25, -0.2) is 18.4 Å². The molecule has 0 amide bonds. The van der Waals surface area contributed by atoms with E-state index >= 15 is 0 Å². The van der Waals surface area contributed by atoms with E-state index in [-0.39, 0.29) is 56.5 Å². The smallest absolute Gasteiger partial charge is 0.565 e. The molecule has 2 rings (SSSR count). The second-order valence-corrected chi connectivity index (χ2v) is 8.00. The summed E-state index contributed by atoms with van der Waals surface area (Å²) in [5.41, 5.74) is 3.56.